The topological polar surface area (TPSA) is 72.0 Å². The molecule has 0 bridgehead atoms. The molecule has 116 valence electrons. The molecular formula is C16H13N3O2S2. The van der Waals surface area contributed by atoms with Gasteiger partial charge in [-0.3, -0.25) is 9.59 Å². The molecule has 0 atom stereocenters. The summed E-state index contributed by atoms with van der Waals surface area (Å²) in [6.45, 7) is 1.45. The predicted molar refractivity (Wildman–Crippen MR) is 93.2 cm³/mol. The summed E-state index contributed by atoms with van der Waals surface area (Å²) in [5.41, 5.74) is 2.19. The number of Topliss-reactive ketones (excluding diaryl/α,β-unsaturated/α-hetero) is 1. The Morgan fingerprint density at radius 2 is 1.96 bits per heavy atom. The molecule has 0 radical (unpaired) electrons. The van der Waals surface area contributed by atoms with Gasteiger partial charge in [-0.1, -0.05) is 11.8 Å². The second-order valence-corrected chi connectivity index (χ2v) is 6.66. The van der Waals surface area contributed by atoms with Crippen LogP contribution in [0.5, 0.6) is 0 Å². The van der Waals surface area contributed by atoms with Crippen LogP contribution >= 0.6 is 23.1 Å². The molecule has 0 aliphatic heterocycles. The van der Waals surface area contributed by atoms with Crippen molar-refractivity contribution < 1.29 is 9.59 Å². The third-order valence-electron chi connectivity index (χ3n) is 3.08. The summed E-state index contributed by atoms with van der Waals surface area (Å²) in [5.74, 6) is 0.194. The fourth-order valence-corrected chi connectivity index (χ4v) is 3.87. The van der Waals surface area contributed by atoms with Crippen molar-refractivity contribution in [2.24, 2.45) is 0 Å². The number of carbonyl (C=O) groups is 2. The van der Waals surface area contributed by atoms with Gasteiger partial charge in [0.2, 0.25) is 5.91 Å². The summed E-state index contributed by atoms with van der Waals surface area (Å²) in [5, 5.41) is 5.47. The van der Waals surface area contributed by atoms with Gasteiger partial charge in [0, 0.05) is 18.2 Å². The van der Waals surface area contributed by atoms with E-state index in [4.69, 9.17) is 0 Å². The molecule has 0 aliphatic carbocycles. The third-order valence-corrected chi connectivity index (χ3v) is 5.11. The molecule has 7 heteroatoms. The lowest BCUT2D eigenvalue weighted by Crippen LogP contribution is -2.07. The van der Waals surface area contributed by atoms with Gasteiger partial charge in [0.15, 0.2) is 5.78 Å². The van der Waals surface area contributed by atoms with Crippen molar-refractivity contribution in [3.8, 4) is 0 Å². The van der Waals surface area contributed by atoms with Gasteiger partial charge < -0.3 is 5.32 Å². The maximum atomic E-state index is 12.3. The lowest BCUT2D eigenvalue weighted by molar-refractivity contribution is -0.114. The van der Waals surface area contributed by atoms with E-state index in [1.165, 1.54) is 25.0 Å². The van der Waals surface area contributed by atoms with Crippen LogP contribution in [0.1, 0.15) is 17.3 Å². The Labute approximate surface area is 141 Å². The zero-order valence-electron chi connectivity index (χ0n) is 12.3. The van der Waals surface area contributed by atoms with Crippen molar-refractivity contribution >= 4 is 50.7 Å². The van der Waals surface area contributed by atoms with E-state index < -0.39 is 0 Å². The lowest BCUT2D eigenvalue weighted by Gasteiger charge is -2.04. The van der Waals surface area contributed by atoms with Crippen LogP contribution in [0.3, 0.4) is 0 Å². The van der Waals surface area contributed by atoms with Gasteiger partial charge >= 0.3 is 0 Å². The van der Waals surface area contributed by atoms with E-state index >= 15 is 0 Å². The molecule has 1 amide bonds. The number of carbonyl (C=O) groups excluding carboxylic acids is 2. The van der Waals surface area contributed by atoms with Crippen LogP contribution in [-0.4, -0.2) is 27.4 Å². The Morgan fingerprint density at radius 3 is 2.70 bits per heavy atom. The average molecular weight is 343 g/mol. The SMILES string of the molecule is CC(=O)Nc1ccc(C(=O)CSc2ncnc3ccsc23)cc1. The maximum Gasteiger partial charge on any atom is 0.221 e. The second kappa shape index (κ2) is 6.89. The lowest BCUT2D eigenvalue weighted by atomic mass is 10.1. The number of amides is 1. The maximum absolute atomic E-state index is 12.3. The number of rotatable bonds is 5. The summed E-state index contributed by atoms with van der Waals surface area (Å²) >= 11 is 2.98. The molecular weight excluding hydrogens is 330 g/mol. The standard InChI is InChI=1S/C16H13N3O2S2/c1-10(20)19-12-4-2-11(3-5-12)14(21)8-23-16-15-13(6-7-22-15)17-9-18-16/h2-7,9H,8H2,1H3,(H,19,20). The van der Waals surface area contributed by atoms with Crippen molar-refractivity contribution in [2.75, 3.05) is 11.1 Å². The number of thiophene rings is 1. The molecule has 1 N–H and O–H groups in total. The molecule has 2 heterocycles. The van der Waals surface area contributed by atoms with Crippen LogP contribution in [0.4, 0.5) is 5.69 Å². The van der Waals surface area contributed by atoms with Crippen molar-refractivity contribution in [3.05, 3.63) is 47.6 Å². The fraction of sp³-hybridized carbons (Fsp3) is 0.125. The van der Waals surface area contributed by atoms with E-state index in [-0.39, 0.29) is 11.7 Å². The number of fused-ring (bicyclic) bond motifs is 1. The Morgan fingerprint density at radius 1 is 1.17 bits per heavy atom. The van der Waals surface area contributed by atoms with E-state index in [0.717, 1.165) is 15.2 Å². The molecule has 23 heavy (non-hydrogen) atoms. The normalized spacial score (nSPS) is 10.7. The van der Waals surface area contributed by atoms with Gasteiger partial charge in [-0.25, -0.2) is 9.97 Å². The number of aromatic nitrogens is 2. The Bertz CT molecular complexity index is 859. The van der Waals surface area contributed by atoms with Crippen LogP contribution < -0.4 is 5.32 Å². The molecule has 0 fully saturated rings. The minimum Gasteiger partial charge on any atom is -0.326 e. The van der Waals surface area contributed by atoms with Gasteiger partial charge in [0.1, 0.15) is 11.4 Å². The molecule has 3 aromatic rings. The molecule has 0 saturated heterocycles. The number of benzene rings is 1. The molecule has 0 unspecified atom stereocenters. The van der Waals surface area contributed by atoms with E-state index in [9.17, 15) is 9.59 Å². The van der Waals surface area contributed by atoms with Crippen molar-refractivity contribution in [2.45, 2.75) is 11.9 Å². The van der Waals surface area contributed by atoms with E-state index in [2.05, 4.69) is 15.3 Å². The average Bonchev–Trinajstić information content (AvgIpc) is 3.02. The number of hydrogen-bond donors (Lipinski definition) is 1. The quantitative estimate of drug-likeness (QED) is 0.435. The summed E-state index contributed by atoms with van der Waals surface area (Å²) in [6, 6.07) is 8.82. The first-order valence-corrected chi connectivity index (χ1v) is 8.72. The number of hydrogen-bond acceptors (Lipinski definition) is 6. The largest absolute Gasteiger partial charge is 0.326 e. The highest BCUT2D eigenvalue weighted by molar-refractivity contribution is 8.00. The van der Waals surface area contributed by atoms with Gasteiger partial charge in [-0.15, -0.1) is 11.3 Å². The monoisotopic (exact) mass is 343 g/mol. The molecule has 5 nitrogen and oxygen atoms in total. The number of thioether (sulfide) groups is 1. The highest BCUT2D eigenvalue weighted by Gasteiger charge is 2.10. The van der Waals surface area contributed by atoms with Crippen molar-refractivity contribution in [1.29, 1.82) is 0 Å². The number of anilines is 1. The summed E-state index contributed by atoms with van der Waals surface area (Å²) in [6.07, 6.45) is 1.52. The van der Waals surface area contributed by atoms with Crippen LogP contribution in [0.25, 0.3) is 10.2 Å². The smallest absolute Gasteiger partial charge is 0.221 e. The van der Waals surface area contributed by atoms with E-state index in [0.29, 0.717) is 17.0 Å². The first kappa shape index (κ1) is 15.6. The first-order valence-electron chi connectivity index (χ1n) is 6.85. The van der Waals surface area contributed by atoms with Gasteiger partial charge in [0.05, 0.1) is 16.0 Å². The highest BCUT2D eigenvalue weighted by Crippen LogP contribution is 2.29. The minimum absolute atomic E-state index is 0.0210. The molecule has 2 aromatic heterocycles. The Balaban J connectivity index is 1.67. The second-order valence-electron chi connectivity index (χ2n) is 4.78. The number of ketones is 1. The highest BCUT2D eigenvalue weighted by atomic mass is 32.2. The molecule has 3 rings (SSSR count). The van der Waals surface area contributed by atoms with Crippen LogP contribution in [-0.2, 0) is 4.79 Å². The molecule has 1 aromatic carbocycles. The van der Waals surface area contributed by atoms with Crippen LogP contribution in [0.15, 0.2) is 47.1 Å². The van der Waals surface area contributed by atoms with E-state index in [1.807, 2.05) is 11.4 Å². The zero-order chi connectivity index (χ0) is 16.2. The number of nitrogens with one attached hydrogen (secondary N) is 1. The van der Waals surface area contributed by atoms with Crippen LogP contribution in [0.2, 0.25) is 0 Å². The first-order chi connectivity index (χ1) is 11.1. The third kappa shape index (κ3) is 3.75. The zero-order valence-corrected chi connectivity index (χ0v) is 13.9. The van der Waals surface area contributed by atoms with Gasteiger partial charge in [0.25, 0.3) is 0 Å². The summed E-state index contributed by atoms with van der Waals surface area (Å²) in [7, 11) is 0. The summed E-state index contributed by atoms with van der Waals surface area (Å²) < 4.78 is 1.01. The molecule has 0 aliphatic rings. The fourth-order valence-electron chi connectivity index (χ4n) is 2.03. The Kier molecular flexibility index (Phi) is 4.68. The summed E-state index contributed by atoms with van der Waals surface area (Å²) in [4.78, 5) is 31.7. The minimum atomic E-state index is -0.136. The van der Waals surface area contributed by atoms with Crippen molar-refractivity contribution in [1.82, 2.24) is 9.97 Å². The van der Waals surface area contributed by atoms with Crippen molar-refractivity contribution in [3.63, 3.8) is 0 Å². The molecule has 0 saturated carbocycles. The van der Waals surface area contributed by atoms with E-state index in [1.54, 1.807) is 35.6 Å². The Hall–Kier alpha value is -2.25. The molecule has 0 spiro atoms. The van der Waals surface area contributed by atoms with Gasteiger partial charge in [-0.2, -0.15) is 0 Å². The predicted octanol–water partition coefficient (Wildman–Crippen LogP) is 3.62. The number of nitrogens with zero attached hydrogens (tertiary/aromatic N) is 2. The van der Waals surface area contributed by atoms with Crippen LogP contribution in [0, 0.1) is 0 Å². The van der Waals surface area contributed by atoms with Gasteiger partial charge in [-0.05, 0) is 35.7 Å².